The smallest absolute Gasteiger partial charge is 0.269 e. The van der Waals surface area contributed by atoms with Crippen molar-refractivity contribution in [2.45, 2.75) is 31.7 Å². The van der Waals surface area contributed by atoms with Crippen molar-refractivity contribution < 1.29 is 4.92 Å². The van der Waals surface area contributed by atoms with Crippen LogP contribution >= 0.6 is 0 Å². The zero-order chi connectivity index (χ0) is 14.8. The van der Waals surface area contributed by atoms with Crippen LogP contribution in [0.25, 0.3) is 0 Å². The monoisotopic (exact) mass is 282 g/mol. The van der Waals surface area contributed by atoms with Gasteiger partial charge in [-0.1, -0.05) is 29.8 Å². The van der Waals surface area contributed by atoms with Gasteiger partial charge in [-0.3, -0.25) is 10.1 Å². The molecular formula is C17H18N2O2. The standard InChI is InChI=1S/C17H18N2O2/c1-12-2-4-13(5-3-12)14-10-16(11-14)18-15-6-8-17(9-7-15)19(20)21/h2-9,14,16,18H,10-11H2,1H3. The molecule has 1 N–H and O–H groups in total. The van der Waals surface area contributed by atoms with Crippen LogP contribution in [-0.2, 0) is 0 Å². The molecule has 21 heavy (non-hydrogen) atoms. The highest BCUT2D eigenvalue weighted by molar-refractivity contribution is 5.49. The van der Waals surface area contributed by atoms with Crippen LogP contribution in [0, 0.1) is 17.0 Å². The third-order valence-corrected chi connectivity index (χ3v) is 4.14. The second-order valence-electron chi connectivity index (χ2n) is 5.72. The zero-order valence-electron chi connectivity index (χ0n) is 12.0. The Morgan fingerprint density at radius 3 is 2.24 bits per heavy atom. The molecule has 0 unspecified atom stereocenters. The Kier molecular flexibility index (Phi) is 3.60. The molecule has 3 rings (SSSR count). The number of nitro benzene ring substituents is 1. The van der Waals surface area contributed by atoms with Gasteiger partial charge in [0.1, 0.15) is 0 Å². The van der Waals surface area contributed by atoms with E-state index in [1.165, 1.54) is 11.1 Å². The summed E-state index contributed by atoms with van der Waals surface area (Å²) in [4.78, 5) is 10.2. The van der Waals surface area contributed by atoms with E-state index >= 15 is 0 Å². The number of non-ortho nitro benzene ring substituents is 1. The molecule has 0 aliphatic heterocycles. The van der Waals surface area contributed by atoms with E-state index in [0.29, 0.717) is 12.0 Å². The maximum Gasteiger partial charge on any atom is 0.269 e. The van der Waals surface area contributed by atoms with Gasteiger partial charge in [0, 0.05) is 23.9 Å². The van der Waals surface area contributed by atoms with Crippen LogP contribution in [0.1, 0.15) is 29.9 Å². The fraction of sp³-hybridized carbons (Fsp3) is 0.294. The number of nitrogens with zero attached hydrogens (tertiary/aromatic N) is 1. The van der Waals surface area contributed by atoms with Gasteiger partial charge in [0.15, 0.2) is 0 Å². The summed E-state index contributed by atoms with van der Waals surface area (Å²) in [7, 11) is 0. The van der Waals surface area contributed by atoms with Crippen LogP contribution in [0.15, 0.2) is 48.5 Å². The van der Waals surface area contributed by atoms with Gasteiger partial charge >= 0.3 is 0 Å². The second-order valence-corrected chi connectivity index (χ2v) is 5.72. The lowest BCUT2D eigenvalue weighted by Crippen LogP contribution is -2.33. The summed E-state index contributed by atoms with van der Waals surface area (Å²) >= 11 is 0. The topological polar surface area (TPSA) is 55.2 Å². The minimum atomic E-state index is -0.374. The summed E-state index contributed by atoms with van der Waals surface area (Å²) in [6, 6.07) is 15.8. The lowest BCUT2D eigenvalue weighted by atomic mass is 9.75. The summed E-state index contributed by atoms with van der Waals surface area (Å²) in [5.74, 6) is 0.626. The molecule has 0 radical (unpaired) electrons. The number of aryl methyl sites for hydroxylation is 1. The minimum absolute atomic E-state index is 0.131. The number of hydrogen-bond acceptors (Lipinski definition) is 3. The maximum atomic E-state index is 10.6. The van der Waals surface area contributed by atoms with E-state index < -0.39 is 0 Å². The molecule has 0 spiro atoms. The largest absolute Gasteiger partial charge is 0.382 e. The van der Waals surface area contributed by atoms with Gasteiger partial charge in [-0.25, -0.2) is 0 Å². The minimum Gasteiger partial charge on any atom is -0.382 e. The first-order chi connectivity index (χ1) is 10.1. The van der Waals surface area contributed by atoms with Crippen molar-refractivity contribution >= 4 is 11.4 Å². The average Bonchev–Trinajstić information content (AvgIpc) is 2.44. The normalized spacial score (nSPS) is 20.6. The highest BCUT2D eigenvalue weighted by Gasteiger charge is 2.30. The highest BCUT2D eigenvalue weighted by atomic mass is 16.6. The van der Waals surface area contributed by atoms with Crippen LogP contribution in [-0.4, -0.2) is 11.0 Å². The molecular weight excluding hydrogens is 264 g/mol. The van der Waals surface area contributed by atoms with Gasteiger partial charge in [-0.05, 0) is 43.4 Å². The van der Waals surface area contributed by atoms with Crippen LogP contribution in [0.3, 0.4) is 0 Å². The molecule has 1 aliphatic carbocycles. The van der Waals surface area contributed by atoms with E-state index in [9.17, 15) is 10.1 Å². The third-order valence-electron chi connectivity index (χ3n) is 4.14. The van der Waals surface area contributed by atoms with Crippen LogP contribution in [0.4, 0.5) is 11.4 Å². The maximum absolute atomic E-state index is 10.6. The van der Waals surface area contributed by atoms with Gasteiger partial charge in [0.25, 0.3) is 5.69 Å². The first-order valence-electron chi connectivity index (χ1n) is 7.19. The lowest BCUT2D eigenvalue weighted by molar-refractivity contribution is -0.384. The highest BCUT2D eigenvalue weighted by Crippen LogP contribution is 2.38. The Morgan fingerprint density at radius 2 is 1.67 bits per heavy atom. The fourth-order valence-electron chi connectivity index (χ4n) is 2.76. The van der Waals surface area contributed by atoms with Crippen LogP contribution < -0.4 is 5.32 Å². The van der Waals surface area contributed by atoms with Crippen LogP contribution in [0.5, 0.6) is 0 Å². The Morgan fingerprint density at radius 1 is 1.05 bits per heavy atom. The number of hydrogen-bond donors (Lipinski definition) is 1. The van der Waals surface area contributed by atoms with E-state index in [2.05, 4.69) is 36.5 Å². The van der Waals surface area contributed by atoms with E-state index in [1.807, 2.05) is 0 Å². The molecule has 108 valence electrons. The molecule has 1 fully saturated rings. The number of anilines is 1. The Hall–Kier alpha value is -2.36. The van der Waals surface area contributed by atoms with Gasteiger partial charge < -0.3 is 5.32 Å². The first-order valence-corrected chi connectivity index (χ1v) is 7.19. The lowest BCUT2D eigenvalue weighted by Gasteiger charge is -2.37. The molecule has 4 nitrogen and oxygen atoms in total. The summed E-state index contributed by atoms with van der Waals surface area (Å²) in [5.41, 5.74) is 3.78. The second kappa shape index (κ2) is 5.56. The molecule has 0 heterocycles. The van der Waals surface area contributed by atoms with Crippen molar-refractivity contribution in [2.75, 3.05) is 5.32 Å². The Labute approximate surface area is 124 Å². The Bertz CT molecular complexity index is 629. The van der Waals surface area contributed by atoms with Crippen LogP contribution in [0.2, 0.25) is 0 Å². The molecule has 0 bridgehead atoms. The van der Waals surface area contributed by atoms with Crippen molar-refractivity contribution in [3.63, 3.8) is 0 Å². The zero-order valence-corrected chi connectivity index (χ0v) is 12.0. The van der Waals surface area contributed by atoms with Crippen molar-refractivity contribution in [3.8, 4) is 0 Å². The quantitative estimate of drug-likeness (QED) is 0.673. The number of benzene rings is 2. The molecule has 0 amide bonds. The summed E-state index contributed by atoms with van der Waals surface area (Å²) in [6.07, 6.45) is 2.22. The van der Waals surface area contributed by atoms with Crippen molar-refractivity contribution in [2.24, 2.45) is 0 Å². The molecule has 0 saturated heterocycles. The van der Waals surface area contributed by atoms with Crippen molar-refractivity contribution in [1.29, 1.82) is 0 Å². The van der Waals surface area contributed by atoms with Crippen molar-refractivity contribution in [1.82, 2.24) is 0 Å². The summed E-state index contributed by atoms with van der Waals surface area (Å²) < 4.78 is 0. The third kappa shape index (κ3) is 3.05. The molecule has 0 atom stereocenters. The molecule has 2 aromatic carbocycles. The summed E-state index contributed by atoms with van der Waals surface area (Å²) in [5, 5.41) is 14.0. The first kappa shape index (κ1) is 13.6. The van der Waals surface area contributed by atoms with E-state index in [0.717, 1.165) is 18.5 Å². The van der Waals surface area contributed by atoms with E-state index in [-0.39, 0.29) is 10.6 Å². The molecule has 0 aromatic heterocycles. The number of nitrogens with one attached hydrogen (secondary N) is 1. The fourth-order valence-corrected chi connectivity index (χ4v) is 2.76. The van der Waals surface area contributed by atoms with Crippen molar-refractivity contribution in [3.05, 3.63) is 69.8 Å². The van der Waals surface area contributed by atoms with E-state index in [1.54, 1.807) is 24.3 Å². The summed E-state index contributed by atoms with van der Waals surface area (Å²) in [6.45, 7) is 2.10. The SMILES string of the molecule is Cc1ccc(C2CC(Nc3ccc([N+](=O)[O-])cc3)C2)cc1. The Balaban J connectivity index is 1.54. The predicted octanol–water partition coefficient (Wildman–Crippen LogP) is 4.26. The van der Waals surface area contributed by atoms with Gasteiger partial charge in [-0.15, -0.1) is 0 Å². The van der Waals surface area contributed by atoms with Gasteiger partial charge in [-0.2, -0.15) is 0 Å². The molecule has 1 saturated carbocycles. The number of nitro groups is 1. The molecule has 4 heteroatoms. The van der Waals surface area contributed by atoms with Gasteiger partial charge in [0.2, 0.25) is 0 Å². The average molecular weight is 282 g/mol. The predicted molar refractivity (Wildman–Crippen MR) is 83.7 cm³/mol. The molecule has 1 aliphatic rings. The van der Waals surface area contributed by atoms with Gasteiger partial charge in [0.05, 0.1) is 4.92 Å². The van der Waals surface area contributed by atoms with E-state index in [4.69, 9.17) is 0 Å². The molecule has 2 aromatic rings. The number of rotatable bonds is 4.